The van der Waals surface area contributed by atoms with Gasteiger partial charge in [0, 0.05) is 30.8 Å². The molecule has 8 nitrogen and oxygen atoms in total. The zero-order chi connectivity index (χ0) is 31.2. The molecule has 3 aromatic rings. The van der Waals surface area contributed by atoms with Crippen molar-refractivity contribution in [3.8, 4) is 16.9 Å². The fourth-order valence-corrected chi connectivity index (χ4v) is 6.39. The van der Waals surface area contributed by atoms with E-state index in [0.717, 1.165) is 37.0 Å². The number of thiocarbonyl (C=S) groups is 1. The van der Waals surface area contributed by atoms with Crippen molar-refractivity contribution >= 4 is 69.4 Å². The minimum Gasteiger partial charge on any atom is -0.492 e. The molecule has 2 heterocycles. The molecule has 0 unspecified atom stereocenters. The number of carboxylic acid groups (broad SMARTS) is 1. The Hall–Kier alpha value is -3.77. The first kappa shape index (κ1) is 31.6. The van der Waals surface area contributed by atoms with Crippen molar-refractivity contribution in [3.05, 3.63) is 87.5 Å². The van der Waals surface area contributed by atoms with Gasteiger partial charge in [-0.1, -0.05) is 47.7 Å². The van der Waals surface area contributed by atoms with Crippen LogP contribution in [0.3, 0.4) is 0 Å². The van der Waals surface area contributed by atoms with Crippen LogP contribution >= 0.6 is 35.6 Å². The number of carbonyl (C=O) groups is 3. The molecule has 0 aromatic heterocycles. The highest BCUT2D eigenvalue weighted by molar-refractivity contribution is 8.26. The summed E-state index contributed by atoms with van der Waals surface area (Å²) in [6.07, 6.45) is 4.09. The Morgan fingerprint density at radius 1 is 1.05 bits per heavy atom. The second-order valence-corrected chi connectivity index (χ2v) is 12.4. The van der Waals surface area contributed by atoms with E-state index in [9.17, 15) is 18.8 Å². The lowest BCUT2D eigenvalue weighted by Crippen LogP contribution is -2.31. The van der Waals surface area contributed by atoms with E-state index < -0.39 is 11.8 Å². The fraction of sp³-hybridized carbons (Fsp3) is 0.250. The molecule has 12 heteroatoms. The monoisotopic (exact) mass is 653 g/mol. The average Bonchev–Trinajstić information content (AvgIpc) is 3.61. The summed E-state index contributed by atoms with van der Waals surface area (Å²) in [4.78, 5) is 41.1. The summed E-state index contributed by atoms with van der Waals surface area (Å²) in [7, 11) is 0. The smallest absolute Gasteiger partial charge is 0.335 e. The molecule has 0 atom stereocenters. The first-order chi connectivity index (χ1) is 21.2. The number of rotatable bonds is 11. The predicted molar refractivity (Wildman–Crippen MR) is 175 cm³/mol. The van der Waals surface area contributed by atoms with Gasteiger partial charge >= 0.3 is 5.97 Å². The van der Waals surface area contributed by atoms with Gasteiger partial charge in [-0.2, -0.15) is 0 Å². The zero-order valence-corrected chi connectivity index (χ0v) is 25.9. The van der Waals surface area contributed by atoms with E-state index in [2.05, 4.69) is 10.2 Å². The van der Waals surface area contributed by atoms with E-state index in [1.807, 2.05) is 18.2 Å². The summed E-state index contributed by atoms with van der Waals surface area (Å²) in [5.41, 5.74) is 2.70. The Morgan fingerprint density at radius 2 is 1.75 bits per heavy atom. The van der Waals surface area contributed by atoms with Gasteiger partial charge in [0.1, 0.15) is 22.5 Å². The third kappa shape index (κ3) is 7.84. The van der Waals surface area contributed by atoms with Crippen molar-refractivity contribution in [1.82, 2.24) is 9.80 Å². The number of anilines is 1. The number of hydrogen-bond acceptors (Lipinski definition) is 7. The summed E-state index contributed by atoms with van der Waals surface area (Å²) in [5, 5.41) is 11.7. The lowest BCUT2D eigenvalue weighted by atomic mass is 10.0. The van der Waals surface area contributed by atoms with Crippen molar-refractivity contribution in [3.63, 3.8) is 0 Å². The molecule has 2 aliphatic heterocycles. The number of hydrogen-bond donors (Lipinski definition) is 2. The first-order valence-electron chi connectivity index (χ1n) is 14.0. The van der Waals surface area contributed by atoms with E-state index >= 15 is 0 Å². The van der Waals surface area contributed by atoms with Crippen LogP contribution < -0.4 is 10.1 Å². The van der Waals surface area contributed by atoms with Crippen LogP contribution in [-0.2, 0) is 9.59 Å². The maximum atomic E-state index is 13.8. The van der Waals surface area contributed by atoms with Crippen molar-refractivity contribution < 1.29 is 28.6 Å². The molecular formula is C32H29ClFN3O5S2. The van der Waals surface area contributed by atoms with Crippen LogP contribution in [0.5, 0.6) is 5.75 Å². The van der Waals surface area contributed by atoms with Crippen molar-refractivity contribution in [2.75, 3.05) is 38.1 Å². The molecule has 0 bridgehead atoms. The molecule has 3 aromatic carbocycles. The van der Waals surface area contributed by atoms with Crippen LogP contribution in [0.25, 0.3) is 17.2 Å². The summed E-state index contributed by atoms with van der Waals surface area (Å²) in [6, 6.07) is 15.9. The third-order valence-corrected chi connectivity index (χ3v) is 8.93. The topological polar surface area (TPSA) is 99.2 Å². The van der Waals surface area contributed by atoms with Crippen molar-refractivity contribution in [2.45, 2.75) is 19.3 Å². The van der Waals surface area contributed by atoms with Gasteiger partial charge in [-0.3, -0.25) is 19.4 Å². The largest absolute Gasteiger partial charge is 0.492 e. The van der Waals surface area contributed by atoms with Crippen molar-refractivity contribution in [2.24, 2.45) is 0 Å². The molecule has 5 rings (SSSR count). The summed E-state index contributed by atoms with van der Waals surface area (Å²) in [5.74, 6) is -1.63. The molecule has 2 aliphatic rings. The molecule has 0 aliphatic carbocycles. The second-order valence-electron chi connectivity index (χ2n) is 10.3. The average molecular weight is 654 g/mol. The number of nitrogens with zero attached hydrogens (tertiary/aromatic N) is 2. The standard InChI is InChI=1S/C32H29ClFN3O5S2/c33-25-18-22(5-9-26(25)34)21-6-10-27(42-16-15-36-12-1-2-13-36)23(17-21)19-28-30(39)37(32(43)44-28)14-11-29(38)35-24-7-3-20(4-8-24)31(40)41/h3-10,17-19H,1-2,11-16H2,(H,35,38)(H,40,41)/b28-19-. The molecule has 44 heavy (non-hydrogen) atoms. The van der Waals surface area contributed by atoms with E-state index in [1.165, 1.54) is 48.1 Å². The maximum absolute atomic E-state index is 13.8. The first-order valence-corrected chi connectivity index (χ1v) is 15.6. The molecule has 2 amide bonds. The van der Waals surface area contributed by atoms with Gasteiger partial charge in [0.2, 0.25) is 5.91 Å². The minimum atomic E-state index is -1.06. The number of thioether (sulfide) groups is 1. The number of nitrogens with one attached hydrogen (secondary N) is 1. The number of halogens is 2. The van der Waals surface area contributed by atoms with Gasteiger partial charge in [-0.05, 0) is 91.7 Å². The Labute approximate surface area is 268 Å². The minimum absolute atomic E-state index is 0.00786. The van der Waals surface area contributed by atoms with Crippen LogP contribution in [0.15, 0.2) is 65.6 Å². The molecule has 2 fully saturated rings. The summed E-state index contributed by atoms with van der Waals surface area (Å²) >= 11 is 12.7. The van der Waals surface area contributed by atoms with Gasteiger partial charge in [0.05, 0.1) is 15.5 Å². The molecule has 2 N–H and O–H groups in total. The quantitative estimate of drug-likeness (QED) is 0.178. The van der Waals surface area contributed by atoms with E-state index in [-0.39, 0.29) is 35.4 Å². The zero-order valence-electron chi connectivity index (χ0n) is 23.6. The Balaban J connectivity index is 1.30. The highest BCUT2D eigenvalue weighted by atomic mass is 35.5. The van der Waals surface area contributed by atoms with Gasteiger partial charge in [0.15, 0.2) is 0 Å². The number of likely N-dealkylation sites (tertiary alicyclic amines) is 1. The van der Waals surface area contributed by atoms with Crippen LogP contribution in [0.2, 0.25) is 5.02 Å². The van der Waals surface area contributed by atoms with Gasteiger partial charge < -0.3 is 15.2 Å². The normalized spacial score (nSPS) is 16.1. The van der Waals surface area contributed by atoms with Gasteiger partial charge in [-0.15, -0.1) is 0 Å². The molecule has 228 valence electrons. The highest BCUT2D eigenvalue weighted by Gasteiger charge is 2.32. The van der Waals surface area contributed by atoms with Crippen LogP contribution in [-0.4, -0.2) is 69.8 Å². The van der Waals surface area contributed by atoms with E-state index in [4.69, 9.17) is 33.7 Å². The number of amides is 2. The predicted octanol–water partition coefficient (Wildman–Crippen LogP) is 6.55. The van der Waals surface area contributed by atoms with Crippen LogP contribution in [0, 0.1) is 5.82 Å². The van der Waals surface area contributed by atoms with E-state index in [1.54, 1.807) is 18.2 Å². The van der Waals surface area contributed by atoms with Gasteiger partial charge in [-0.25, -0.2) is 9.18 Å². The van der Waals surface area contributed by atoms with Crippen LogP contribution in [0.1, 0.15) is 35.2 Å². The van der Waals surface area contributed by atoms with Gasteiger partial charge in [0.25, 0.3) is 5.91 Å². The van der Waals surface area contributed by atoms with Crippen molar-refractivity contribution in [1.29, 1.82) is 0 Å². The maximum Gasteiger partial charge on any atom is 0.335 e. The Bertz CT molecular complexity index is 1630. The molecular weight excluding hydrogens is 625 g/mol. The molecule has 0 radical (unpaired) electrons. The number of benzene rings is 3. The summed E-state index contributed by atoms with van der Waals surface area (Å²) in [6.45, 7) is 3.46. The third-order valence-electron chi connectivity index (χ3n) is 7.26. The van der Waals surface area contributed by atoms with E-state index in [0.29, 0.717) is 38.4 Å². The Morgan fingerprint density at radius 3 is 2.45 bits per heavy atom. The summed E-state index contributed by atoms with van der Waals surface area (Å²) < 4.78 is 20.3. The highest BCUT2D eigenvalue weighted by Crippen LogP contribution is 2.36. The molecule has 0 saturated carbocycles. The second kappa shape index (κ2) is 14.3. The van der Waals surface area contributed by atoms with Crippen LogP contribution in [0.4, 0.5) is 10.1 Å². The Kier molecular flexibility index (Phi) is 10.3. The molecule has 0 spiro atoms. The number of carboxylic acids is 1. The lowest BCUT2D eigenvalue weighted by molar-refractivity contribution is -0.122. The fourth-order valence-electron chi connectivity index (χ4n) is 4.91. The number of carbonyl (C=O) groups excluding carboxylic acids is 2. The SMILES string of the molecule is O=C(CCN1C(=O)/C(=C/c2cc(-c3ccc(F)c(Cl)c3)ccc2OCCN2CCCC2)SC1=S)Nc1ccc(C(=O)O)cc1. The number of aromatic carboxylic acids is 1. The number of ether oxygens (including phenoxy) is 1. The molecule has 2 saturated heterocycles. The lowest BCUT2D eigenvalue weighted by Gasteiger charge is -2.17.